The van der Waals surface area contributed by atoms with E-state index in [2.05, 4.69) is 17.4 Å². The fourth-order valence-electron chi connectivity index (χ4n) is 3.09. The van der Waals surface area contributed by atoms with Gasteiger partial charge < -0.3 is 10.1 Å². The summed E-state index contributed by atoms with van der Waals surface area (Å²) in [6, 6.07) is 8.88. The summed E-state index contributed by atoms with van der Waals surface area (Å²) in [5.74, 6) is 3.08. The average molecular weight is 290 g/mol. The normalized spacial score (nSPS) is 27.1. The third-order valence-corrected chi connectivity index (χ3v) is 5.35. The number of benzene rings is 1. The van der Waals surface area contributed by atoms with Crippen LogP contribution >= 0.6 is 11.8 Å². The molecule has 0 amide bonds. The molecular weight excluding hydrogens is 268 g/mol. The van der Waals surface area contributed by atoms with Gasteiger partial charge in [0.2, 0.25) is 0 Å². The Morgan fingerprint density at radius 2 is 2.25 bits per heavy atom. The van der Waals surface area contributed by atoms with E-state index in [1.807, 2.05) is 23.9 Å². The molecule has 0 radical (unpaired) electrons. The van der Waals surface area contributed by atoms with E-state index in [1.54, 1.807) is 7.11 Å². The lowest BCUT2D eigenvalue weighted by Gasteiger charge is -2.28. The van der Waals surface area contributed by atoms with E-state index in [1.165, 1.54) is 30.6 Å². The molecule has 0 spiro atoms. The van der Waals surface area contributed by atoms with Crippen LogP contribution < -0.4 is 10.1 Å². The van der Waals surface area contributed by atoms with Crippen molar-refractivity contribution in [2.75, 3.05) is 19.4 Å². The molecule has 3 rings (SSSR count). The molecule has 1 aliphatic heterocycles. The molecule has 1 aliphatic carbocycles. The number of nitrogens with one attached hydrogen (secondary N) is 1. The summed E-state index contributed by atoms with van der Waals surface area (Å²) in [6.45, 7) is 0.826. The number of para-hydroxylation sites is 1. The predicted octanol–water partition coefficient (Wildman–Crippen LogP) is 3.10. The summed E-state index contributed by atoms with van der Waals surface area (Å²) < 4.78 is 5.38. The number of hydrogen-bond acceptors (Lipinski definition) is 3. The van der Waals surface area contributed by atoms with Crippen LogP contribution in [0.5, 0.6) is 5.75 Å². The van der Waals surface area contributed by atoms with Crippen LogP contribution in [-0.2, 0) is 6.42 Å². The lowest BCUT2D eigenvalue weighted by molar-refractivity contribution is 0.410. The molecule has 2 aliphatic rings. The van der Waals surface area contributed by atoms with E-state index in [4.69, 9.17) is 9.73 Å². The second-order valence-corrected chi connectivity index (χ2v) is 6.51. The van der Waals surface area contributed by atoms with Crippen molar-refractivity contribution in [3.8, 4) is 5.75 Å². The van der Waals surface area contributed by atoms with E-state index in [-0.39, 0.29) is 0 Å². The Morgan fingerprint density at radius 3 is 3.15 bits per heavy atom. The van der Waals surface area contributed by atoms with Crippen LogP contribution in [-0.4, -0.2) is 30.6 Å². The van der Waals surface area contributed by atoms with Gasteiger partial charge in [0.25, 0.3) is 0 Å². The maximum atomic E-state index is 5.38. The molecule has 108 valence electrons. The first-order valence-corrected chi connectivity index (χ1v) is 8.41. The van der Waals surface area contributed by atoms with Gasteiger partial charge in [-0.2, -0.15) is 0 Å². The fourth-order valence-corrected chi connectivity index (χ4v) is 4.28. The quantitative estimate of drug-likeness (QED) is 0.925. The molecule has 0 bridgehead atoms. The number of rotatable bonds is 4. The number of hydrogen-bond donors (Lipinski definition) is 1. The molecule has 0 aromatic heterocycles. The van der Waals surface area contributed by atoms with Gasteiger partial charge in [-0.3, -0.25) is 4.99 Å². The summed E-state index contributed by atoms with van der Waals surface area (Å²) in [6.07, 6.45) is 5.01. The zero-order valence-corrected chi connectivity index (χ0v) is 12.8. The topological polar surface area (TPSA) is 33.6 Å². The van der Waals surface area contributed by atoms with Crippen LogP contribution in [0.3, 0.4) is 0 Å². The van der Waals surface area contributed by atoms with Crippen molar-refractivity contribution < 1.29 is 4.74 Å². The first-order chi connectivity index (χ1) is 9.86. The molecule has 1 saturated heterocycles. The van der Waals surface area contributed by atoms with Gasteiger partial charge in [-0.25, -0.2) is 0 Å². The molecule has 2 atom stereocenters. The van der Waals surface area contributed by atoms with Crippen LogP contribution in [0, 0.1) is 5.92 Å². The second kappa shape index (κ2) is 6.53. The highest BCUT2D eigenvalue weighted by molar-refractivity contribution is 8.13. The third kappa shape index (κ3) is 3.11. The fraction of sp³-hybridized carbons (Fsp3) is 0.562. The minimum Gasteiger partial charge on any atom is -0.496 e. The Morgan fingerprint density at radius 1 is 1.35 bits per heavy atom. The Balaban J connectivity index is 1.55. The van der Waals surface area contributed by atoms with Crippen molar-refractivity contribution in [1.29, 1.82) is 0 Å². The SMILES string of the molecule is COc1ccccc1CCN=C1NC2CCCC2CS1. The minimum absolute atomic E-state index is 0.682. The molecule has 1 aromatic carbocycles. The first kappa shape index (κ1) is 13.8. The van der Waals surface area contributed by atoms with Gasteiger partial charge in [-0.1, -0.05) is 36.4 Å². The van der Waals surface area contributed by atoms with E-state index in [9.17, 15) is 0 Å². The molecule has 2 unspecified atom stereocenters. The molecule has 1 saturated carbocycles. The van der Waals surface area contributed by atoms with Crippen LogP contribution in [0.4, 0.5) is 0 Å². The molecule has 1 aromatic rings. The van der Waals surface area contributed by atoms with Crippen LogP contribution in [0.1, 0.15) is 24.8 Å². The summed E-state index contributed by atoms with van der Waals surface area (Å²) in [7, 11) is 1.73. The predicted molar refractivity (Wildman–Crippen MR) is 85.7 cm³/mol. The number of ether oxygens (including phenoxy) is 1. The molecule has 20 heavy (non-hydrogen) atoms. The van der Waals surface area contributed by atoms with E-state index >= 15 is 0 Å². The van der Waals surface area contributed by atoms with E-state index in [0.29, 0.717) is 6.04 Å². The Bertz CT molecular complexity index is 489. The van der Waals surface area contributed by atoms with Gasteiger partial charge >= 0.3 is 0 Å². The first-order valence-electron chi connectivity index (χ1n) is 7.42. The lowest BCUT2D eigenvalue weighted by atomic mass is 10.1. The number of fused-ring (bicyclic) bond motifs is 1. The van der Waals surface area contributed by atoms with Crippen molar-refractivity contribution in [1.82, 2.24) is 5.32 Å². The zero-order chi connectivity index (χ0) is 13.8. The Labute approximate surface area is 125 Å². The minimum atomic E-state index is 0.682. The Kier molecular flexibility index (Phi) is 4.51. The number of amidine groups is 1. The van der Waals surface area contributed by atoms with E-state index < -0.39 is 0 Å². The van der Waals surface area contributed by atoms with Crippen molar-refractivity contribution in [2.24, 2.45) is 10.9 Å². The summed E-state index contributed by atoms with van der Waals surface area (Å²) >= 11 is 1.89. The molecule has 3 nitrogen and oxygen atoms in total. The zero-order valence-electron chi connectivity index (χ0n) is 12.0. The maximum absolute atomic E-state index is 5.38. The molecule has 1 N–H and O–H groups in total. The molecular formula is C16H22N2OS. The summed E-state index contributed by atoms with van der Waals surface area (Å²) in [5.41, 5.74) is 1.24. The summed E-state index contributed by atoms with van der Waals surface area (Å²) in [5, 5.41) is 4.75. The van der Waals surface area contributed by atoms with Crippen molar-refractivity contribution in [3.05, 3.63) is 29.8 Å². The van der Waals surface area contributed by atoms with Gasteiger partial charge in [0, 0.05) is 18.3 Å². The monoisotopic (exact) mass is 290 g/mol. The van der Waals surface area contributed by atoms with Crippen molar-refractivity contribution >= 4 is 16.9 Å². The highest BCUT2D eigenvalue weighted by Gasteiger charge is 2.31. The molecule has 1 heterocycles. The average Bonchev–Trinajstić information content (AvgIpc) is 2.95. The number of nitrogens with zero attached hydrogens (tertiary/aromatic N) is 1. The standard InChI is InChI=1S/C16H22N2OS/c1-19-15-8-3-2-5-12(15)9-10-17-16-18-14-7-4-6-13(14)11-20-16/h2-3,5,8,13-14H,4,6-7,9-11H2,1H3,(H,17,18). The van der Waals surface area contributed by atoms with E-state index in [0.717, 1.165) is 29.8 Å². The second-order valence-electron chi connectivity index (χ2n) is 5.50. The number of thioether (sulfide) groups is 1. The Hall–Kier alpha value is -1.16. The van der Waals surface area contributed by atoms with Gasteiger partial charge in [-0.15, -0.1) is 0 Å². The largest absolute Gasteiger partial charge is 0.496 e. The lowest BCUT2D eigenvalue weighted by Crippen LogP contribution is -2.41. The number of aliphatic imine (C=N–C) groups is 1. The highest BCUT2D eigenvalue weighted by atomic mass is 32.2. The van der Waals surface area contributed by atoms with Gasteiger partial charge in [0.15, 0.2) is 5.17 Å². The van der Waals surface area contributed by atoms with Crippen molar-refractivity contribution in [2.45, 2.75) is 31.7 Å². The molecule has 2 fully saturated rings. The maximum Gasteiger partial charge on any atom is 0.156 e. The number of methoxy groups -OCH3 is 1. The highest BCUT2D eigenvalue weighted by Crippen LogP contribution is 2.32. The summed E-state index contributed by atoms with van der Waals surface area (Å²) in [4.78, 5) is 4.73. The smallest absolute Gasteiger partial charge is 0.156 e. The van der Waals surface area contributed by atoms with Gasteiger partial charge in [0.05, 0.1) is 7.11 Å². The van der Waals surface area contributed by atoms with Gasteiger partial charge in [0.1, 0.15) is 5.75 Å². The molecule has 4 heteroatoms. The van der Waals surface area contributed by atoms with Crippen LogP contribution in [0.25, 0.3) is 0 Å². The van der Waals surface area contributed by atoms with Crippen LogP contribution in [0.15, 0.2) is 29.3 Å². The van der Waals surface area contributed by atoms with Crippen molar-refractivity contribution in [3.63, 3.8) is 0 Å². The third-order valence-electron chi connectivity index (χ3n) is 4.23. The van der Waals surface area contributed by atoms with Gasteiger partial charge in [-0.05, 0) is 36.8 Å². The van der Waals surface area contributed by atoms with Crippen LogP contribution in [0.2, 0.25) is 0 Å².